The zero-order valence-corrected chi connectivity index (χ0v) is 19.3. The van der Waals surface area contributed by atoms with Crippen LogP contribution in [0.1, 0.15) is 78.8 Å². The minimum absolute atomic E-state index is 0.197. The molecule has 0 bridgehead atoms. The van der Waals surface area contributed by atoms with Crippen molar-refractivity contribution in [2.75, 3.05) is 5.32 Å². The summed E-state index contributed by atoms with van der Waals surface area (Å²) in [6, 6.07) is 6.12. The van der Waals surface area contributed by atoms with E-state index in [1.807, 2.05) is 25.1 Å². The SMILES string of the molecule is CCc1cccc(CC)c1NC(=O)c1c2n(c(C)c(Br)c1=O)CCCCCCC2. The Morgan fingerprint density at radius 3 is 2.34 bits per heavy atom. The number of aryl methyl sites for hydroxylation is 2. The number of nitrogens with one attached hydrogen (secondary N) is 1. The third-order valence-corrected chi connectivity index (χ3v) is 6.96. The van der Waals surface area contributed by atoms with Crippen molar-refractivity contribution >= 4 is 27.5 Å². The van der Waals surface area contributed by atoms with Crippen molar-refractivity contribution in [2.45, 2.75) is 78.7 Å². The fraction of sp³-hybridized carbons (Fsp3) is 0.500. The zero-order chi connectivity index (χ0) is 21.0. The van der Waals surface area contributed by atoms with E-state index in [1.54, 1.807) is 0 Å². The van der Waals surface area contributed by atoms with Crippen molar-refractivity contribution in [2.24, 2.45) is 0 Å². The lowest BCUT2D eigenvalue weighted by molar-refractivity contribution is 0.102. The number of pyridine rings is 1. The van der Waals surface area contributed by atoms with Gasteiger partial charge in [0, 0.05) is 23.6 Å². The van der Waals surface area contributed by atoms with Crippen LogP contribution in [0.25, 0.3) is 0 Å². The minimum atomic E-state index is -0.283. The van der Waals surface area contributed by atoms with E-state index in [0.717, 1.165) is 73.3 Å². The number of rotatable bonds is 4. The van der Waals surface area contributed by atoms with Gasteiger partial charge in [-0.3, -0.25) is 9.59 Å². The highest BCUT2D eigenvalue weighted by atomic mass is 79.9. The Morgan fingerprint density at radius 2 is 1.69 bits per heavy atom. The number of benzene rings is 1. The van der Waals surface area contributed by atoms with Crippen LogP contribution in [0.5, 0.6) is 0 Å². The Kier molecular flexibility index (Phi) is 7.33. The van der Waals surface area contributed by atoms with Crippen molar-refractivity contribution in [3.8, 4) is 0 Å². The van der Waals surface area contributed by atoms with Crippen LogP contribution in [0.2, 0.25) is 0 Å². The molecular formula is C24H31BrN2O2. The van der Waals surface area contributed by atoms with Gasteiger partial charge in [-0.1, -0.05) is 51.3 Å². The largest absolute Gasteiger partial charge is 0.347 e. The molecule has 1 amide bonds. The van der Waals surface area contributed by atoms with Crippen molar-refractivity contribution in [1.82, 2.24) is 4.57 Å². The topological polar surface area (TPSA) is 51.1 Å². The van der Waals surface area contributed by atoms with Gasteiger partial charge in [0.05, 0.1) is 4.47 Å². The molecule has 1 N–H and O–H groups in total. The number of anilines is 1. The molecule has 1 aliphatic rings. The number of hydrogen-bond donors (Lipinski definition) is 1. The number of amides is 1. The average molecular weight is 459 g/mol. The second-order valence-electron chi connectivity index (χ2n) is 7.83. The normalized spacial score (nSPS) is 14.5. The summed E-state index contributed by atoms with van der Waals surface area (Å²) in [7, 11) is 0. The molecule has 2 aromatic rings. The first-order valence-electron chi connectivity index (χ1n) is 10.8. The maximum absolute atomic E-state index is 13.4. The van der Waals surface area contributed by atoms with E-state index in [2.05, 4.69) is 39.7 Å². The number of carbonyl (C=O) groups is 1. The van der Waals surface area contributed by atoms with Gasteiger partial charge in [0.2, 0.25) is 5.43 Å². The van der Waals surface area contributed by atoms with Crippen LogP contribution in [0.4, 0.5) is 5.69 Å². The van der Waals surface area contributed by atoms with Gasteiger partial charge in [-0.25, -0.2) is 0 Å². The second-order valence-corrected chi connectivity index (χ2v) is 8.63. The molecule has 156 valence electrons. The van der Waals surface area contributed by atoms with Crippen LogP contribution in [-0.4, -0.2) is 10.5 Å². The molecule has 1 aromatic heterocycles. The summed E-state index contributed by atoms with van der Waals surface area (Å²) in [5, 5.41) is 3.11. The predicted molar refractivity (Wildman–Crippen MR) is 123 cm³/mol. The maximum Gasteiger partial charge on any atom is 0.261 e. The molecule has 0 unspecified atom stereocenters. The minimum Gasteiger partial charge on any atom is -0.347 e. The number of carbonyl (C=O) groups excluding carboxylic acids is 1. The van der Waals surface area contributed by atoms with E-state index >= 15 is 0 Å². The van der Waals surface area contributed by atoms with Gasteiger partial charge in [0.25, 0.3) is 5.91 Å². The van der Waals surface area contributed by atoms with Crippen LogP contribution in [0.3, 0.4) is 0 Å². The zero-order valence-electron chi connectivity index (χ0n) is 17.7. The first kappa shape index (κ1) is 21.8. The van der Waals surface area contributed by atoms with Gasteiger partial charge < -0.3 is 9.88 Å². The monoisotopic (exact) mass is 458 g/mol. The van der Waals surface area contributed by atoms with Crippen molar-refractivity contribution in [3.63, 3.8) is 0 Å². The summed E-state index contributed by atoms with van der Waals surface area (Å²) in [6.45, 7) is 6.99. The maximum atomic E-state index is 13.4. The van der Waals surface area contributed by atoms with Gasteiger partial charge in [-0.15, -0.1) is 0 Å². The van der Waals surface area contributed by atoms with Crippen LogP contribution < -0.4 is 10.7 Å². The lowest BCUT2D eigenvalue weighted by atomic mass is 10.0. The van der Waals surface area contributed by atoms with E-state index < -0.39 is 0 Å². The van der Waals surface area contributed by atoms with Gasteiger partial charge in [-0.05, 0) is 66.1 Å². The summed E-state index contributed by atoms with van der Waals surface area (Å²) >= 11 is 3.47. The highest BCUT2D eigenvalue weighted by Gasteiger charge is 2.24. The van der Waals surface area contributed by atoms with E-state index in [1.165, 1.54) is 12.8 Å². The van der Waals surface area contributed by atoms with E-state index in [4.69, 9.17) is 0 Å². The Labute approximate surface area is 181 Å². The highest BCUT2D eigenvalue weighted by Crippen LogP contribution is 2.26. The summed E-state index contributed by atoms with van der Waals surface area (Å²) in [5.74, 6) is -0.283. The molecule has 0 saturated heterocycles. The molecule has 4 nitrogen and oxygen atoms in total. The molecule has 5 heteroatoms. The number of para-hydroxylation sites is 1. The molecule has 0 radical (unpaired) electrons. The van der Waals surface area contributed by atoms with Crippen molar-refractivity contribution in [1.29, 1.82) is 0 Å². The number of halogens is 1. The molecule has 1 aromatic carbocycles. The lowest BCUT2D eigenvalue weighted by Crippen LogP contribution is -2.30. The summed E-state index contributed by atoms with van der Waals surface area (Å²) < 4.78 is 2.70. The molecule has 0 atom stereocenters. The molecule has 29 heavy (non-hydrogen) atoms. The molecule has 0 spiro atoms. The Morgan fingerprint density at radius 1 is 1.07 bits per heavy atom. The summed E-state index contributed by atoms with van der Waals surface area (Å²) in [4.78, 5) is 26.6. The van der Waals surface area contributed by atoms with Gasteiger partial charge >= 0.3 is 0 Å². The fourth-order valence-corrected chi connectivity index (χ4v) is 4.74. The van der Waals surface area contributed by atoms with Gasteiger partial charge in [-0.2, -0.15) is 0 Å². The third kappa shape index (κ3) is 4.50. The molecular weight excluding hydrogens is 428 g/mol. The lowest BCUT2D eigenvalue weighted by Gasteiger charge is -2.21. The summed E-state index contributed by atoms with van der Waals surface area (Å²) in [6.07, 6.45) is 8.05. The smallest absolute Gasteiger partial charge is 0.261 e. The predicted octanol–water partition coefficient (Wildman–Crippen LogP) is 5.80. The molecule has 3 rings (SSSR count). The molecule has 1 aliphatic heterocycles. The third-order valence-electron chi connectivity index (χ3n) is 6.02. The molecule has 0 saturated carbocycles. The molecule has 0 fully saturated rings. The number of aromatic nitrogens is 1. The Balaban J connectivity index is 2.11. The summed E-state index contributed by atoms with van der Waals surface area (Å²) in [5.41, 5.74) is 4.98. The van der Waals surface area contributed by atoms with Crippen LogP contribution >= 0.6 is 15.9 Å². The molecule has 2 heterocycles. The van der Waals surface area contributed by atoms with E-state index in [0.29, 0.717) is 10.0 Å². The van der Waals surface area contributed by atoms with Crippen LogP contribution in [-0.2, 0) is 25.8 Å². The van der Waals surface area contributed by atoms with Gasteiger partial charge in [0.15, 0.2) is 0 Å². The first-order chi connectivity index (χ1) is 14.0. The highest BCUT2D eigenvalue weighted by molar-refractivity contribution is 9.10. The molecule has 0 aliphatic carbocycles. The average Bonchev–Trinajstić information content (AvgIpc) is 2.84. The van der Waals surface area contributed by atoms with Crippen LogP contribution in [0.15, 0.2) is 27.5 Å². The second kappa shape index (κ2) is 9.75. The number of nitrogens with zero attached hydrogens (tertiary/aromatic N) is 1. The van der Waals surface area contributed by atoms with Gasteiger partial charge in [0.1, 0.15) is 5.56 Å². The van der Waals surface area contributed by atoms with Crippen LogP contribution in [0, 0.1) is 6.92 Å². The van der Waals surface area contributed by atoms with Crippen molar-refractivity contribution < 1.29 is 4.79 Å². The van der Waals surface area contributed by atoms with E-state index in [-0.39, 0.29) is 11.3 Å². The Hall–Kier alpha value is -1.88. The van der Waals surface area contributed by atoms with Crippen molar-refractivity contribution in [3.05, 3.63) is 61.0 Å². The fourth-order valence-electron chi connectivity index (χ4n) is 4.33. The number of hydrogen-bond acceptors (Lipinski definition) is 2. The standard InChI is InChI=1S/C24H31BrN2O2/c1-4-17-12-11-13-18(5-2)22(17)26-24(29)20-19-14-9-7-6-8-10-15-27(19)16(3)21(25)23(20)28/h11-13H,4-10,14-15H2,1-3H3,(H,26,29). The first-order valence-corrected chi connectivity index (χ1v) is 11.6. The number of fused-ring (bicyclic) bond motifs is 1. The quantitative estimate of drug-likeness (QED) is 0.628. The van der Waals surface area contributed by atoms with E-state index in [9.17, 15) is 9.59 Å². The Bertz CT molecular complexity index is 940.